The molecule has 0 aliphatic carbocycles. The smallest absolute Gasteiger partial charge is 0.228 e. The maximum Gasteiger partial charge on any atom is 0.228 e. The summed E-state index contributed by atoms with van der Waals surface area (Å²) in [6.45, 7) is 1.86. The van der Waals surface area contributed by atoms with Gasteiger partial charge < -0.3 is 5.32 Å². The molecule has 3 nitrogen and oxygen atoms in total. The van der Waals surface area contributed by atoms with Crippen molar-refractivity contribution in [2.75, 3.05) is 12.4 Å². The van der Waals surface area contributed by atoms with Crippen molar-refractivity contribution in [2.24, 2.45) is 0 Å². The molecule has 0 saturated carbocycles. The van der Waals surface area contributed by atoms with Crippen LogP contribution in [-0.2, 0) is 24.3 Å². The molecular formula is C17H18N2O. The number of benzene rings is 2. The molecule has 102 valence electrons. The lowest BCUT2D eigenvalue weighted by molar-refractivity contribution is -0.115. The second-order valence-electron chi connectivity index (χ2n) is 5.33. The van der Waals surface area contributed by atoms with Crippen LogP contribution in [0, 0.1) is 0 Å². The normalized spacial score (nSPS) is 14.1. The quantitative estimate of drug-likeness (QED) is 0.926. The van der Waals surface area contributed by atoms with Gasteiger partial charge in [-0.3, -0.25) is 9.69 Å². The number of carbonyl (C=O) groups excluding carboxylic acids is 1. The van der Waals surface area contributed by atoms with Gasteiger partial charge in [-0.2, -0.15) is 0 Å². The average molecular weight is 266 g/mol. The lowest BCUT2D eigenvalue weighted by Gasteiger charge is -2.10. The van der Waals surface area contributed by atoms with Gasteiger partial charge in [0.15, 0.2) is 0 Å². The average Bonchev–Trinajstić information content (AvgIpc) is 2.81. The summed E-state index contributed by atoms with van der Waals surface area (Å²) in [5, 5.41) is 3.05. The fraction of sp³-hybridized carbons (Fsp3) is 0.235. The number of nitrogens with zero attached hydrogens (tertiary/aromatic N) is 1. The molecule has 3 heteroatoms. The zero-order valence-corrected chi connectivity index (χ0v) is 11.6. The van der Waals surface area contributed by atoms with E-state index in [1.165, 1.54) is 11.1 Å². The minimum atomic E-state index is 0.0409. The highest BCUT2D eigenvalue weighted by Crippen LogP contribution is 2.28. The molecule has 2 aromatic rings. The van der Waals surface area contributed by atoms with E-state index in [0.717, 1.165) is 24.3 Å². The van der Waals surface area contributed by atoms with E-state index in [0.29, 0.717) is 6.42 Å². The zero-order chi connectivity index (χ0) is 13.9. The van der Waals surface area contributed by atoms with Crippen LogP contribution in [0.3, 0.4) is 0 Å². The van der Waals surface area contributed by atoms with Crippen LogP contribution in [0.4, 0.5) is 5.69 Å². The molecule has 0 bridgehead atoms. The van der Waals surface area contributed by atoms with Crippen molar-refractivity contribution >= 4 is 11.6 Å². The molecule has 20 heavy (non-hydrogen) atoms. The Bertz CT molecular complexity index is 622. The Morgan fingerprint density at radius 1 is 1.10 bits per heavy atom. The summed E-state index contributed by atoms with van der Waals surface area (Å²) in [7, 11) is 2.09. The number of carbonyl (C=O) groups is 1. The highest BCUT2D eigenvalue weighted by molar-refractivity contribution is 5.93. The lowest BCUT2D eigenvalue weighted by Crippen LogP contribution is -2.16. The van der Waals surface area contributed by atoms with Crippen molar-refractivity contribution in [1.82, 2.24) is 4.90 Å². The topological polar surface area (TPSA) is 32.3 Å². The van der Waals surface area contributed by atoms with Gasteiger partial charge in [0.25, 0.3) is 0 Å². The third kappa shape index (κ3) is 2.73. The first-order valence-electron chi connectivity index (χ1n) is 6.85. The summed E-state index contributed by atoms with van der Waals surface area (Å²) in [5.41, 5.74) is 4.55. The third-order valence-corrected chi connectivity index (χ3v) is 3.62. The molecule has 0 radical (unpaired) electrons. The van der Waals surface area contributed by atoms with Gasteiger partial charge in [-0.25, -0.2) is 0 Å². The van der Waals surface area contributed by atoms with Crippen molar-refractivity contribution in [3.63, 3.8) is 0 Å². The van der Waals surface area contributed by atoms with Crippen molar-refractivity contribution in [1.29, 1.82) is 0 Å². The van der Waals surface area contributed by atoms with Gasteiger partial charge in [0.05, 0.1) is 6.42 Å². The molecule has 0 spiro atoms. The highest BCUT2D eigenvalue weighted by atomic mass is 16.1. The van der Waals surface area contributed by atoms with Crippen LogP contribution >= 0.6 is 0 Å². The van der Waals surface area contributed by atoms with Crippen LogP contribution in [0.15, 0.2) is 48.5 Å². The number of rotatable bonds is 3. The maximum absolute atomic E-state index is 12.1. The van der Waals surface area contributed by atoms with E-state index in [1.54, 1.807) is 0 Å². The van der Waals surface area contributed by atoms with E-state index in [9.17, 15) is 4.79 Å². The molecule has 0 unspecified atom stereocenters. The summed E-state index contributed by atoms with van der Waals surface area (Å²) >= 11 is 0. The van der Waals surface area contributed by atoms with Gasteiger partial charge in [-0.1, -0.05) is 42.5 Å². The summed E-state index contributed by atoms with van der Waals surface area (Å²) in [6, 6.07) is 15.9. The van der Waals surface area contributed by atoms with Gasteiger partial charge in [0.1, 0.15) is 0 Å². The number of hydrogen-bond acceptors (Lipinski definition) is 2. The summed E-state index contributed by atoms with van der Waals surface area (Å²) in [4.78, 5) is 14.4. The second-order valence-corrected chi connectivity index (χ2v) is 5.33. The SMILES string of the molecule is CN1Cc2cccc(NC(=O)Cc3ccccc3)c2C1. The first kappa shape index (κ1) is 12.9. The molecule has 1 amide bonds. The molecule has 1 aliphatic heterocycles. The molecule has 1 aliphatic rings. The minimum Gasteiger partial charge on any atom is -0.325 e. The number of fused-ring (bicyclic) bond motifs is 1. The first-order valence-corrected chi connectivity index (χ1v) is 6.85. The van der Waals surface area contributed by atoms with Crippen molar-refractivity contribution in [3.05, 3.63) is 65.2 Å². The van der Waals surface area contributed by atoms with Gasteiger partial charge in [-0.05, 0) is 29.8 Å². The Morgan fingerprint density at radius 2 is 1.90 bits per heavy atom. The van der Waals surface area contributed by atoms with Crippen molar-refractivity contribution in [2.45, 2.75) is 19.5 Å². The second kappa shape index (κ2) is 5.47. The van der Waals surface area contributed by atoms with Crippen molar-refractivity contribution < 1.29 is 4.79 Å². The number of hydrogen-bond donors (Lipinski definition) is 1. The Morgan fingerprint density at radius 3 is 2.70 bits per heavy atom. The van der Waals surface area contributed by atoms with Crippen molar-refractivity contribution in [3.8, 4) is 0 Å². The minimum absolute atomic E-state index is 0.0409. The van der Waals surface area contributed by atoms with Crippen LogP contribution in [0.5, 0.6) is 0 Å². The Labute approximate surface area is 119 Å². The Kier molecular flexibility index (Phi) is 3.52. The molecule has 1 heterocycles. The van der Waals surface area contributed by atoms with Gasteiger partial charge >= 0.3 is 0 Å². The third-order valence-electron chi connectivity index (χ3n) is 3.62. The molecular weight excluding hydrogens is 248 g/mol. The summed E-state index contributed by atoms with van der Waals surface area (Å²) in [5.74, 6) is 0.0409. The Balaban J connectivity index is 1.73. The van der Waals surface area contributed by atoms with Crippen LogP contribution in [0.2, 0.25) is 0 Å². The van der Waals surface area contributed by atoms with Gasteiger partial charge in [0.2, 0.25) is 5.91 Å². The van der Waals surface area contributed by atoms with Crippen LogP contribution < -0.4 is 5.32 Å². The molecule has 0 aromatic heterocycles. The fourth-order valence-corrected chi connectivity index (χ4v) is 2.68. The fourth-order valence-electron chi connectivity index (χ4n) is 2.68. The molecule has 3 rings (SSSR count). The standard InChI is InChI=1S/C17H18N2O/c1-19-11-14-8-5-9-16(15(14)12-19)18-17(20)10-13-6-3-2-4-7-13/h2-9H,10-12H2,1H3,(H,18,20). The number of nitrogens with one attached hydrogen (secondary N) is 1. The van der Waals surface area contributed by atoms with Crippen LogP contribution in [-0.4, -0.2) is 17.9 Å². The molecule has 0 saturated heterocycles. The highest BCUT2D eigenvalue weighted by Gasteiger charge is 2.19. The predicted octanol–water partition coefficient (Wildman–Crippen LogP) is 2.81. The largest absolute Gasteiger partial charge is 0.325 e. The van der Waals surface area contributed by atoms with E-state index in [1.807, 2.05) is 42.5 Å². The molecule has 1 N–H and O–H groups in total. The van der Waals surface area contributed by atoms with Gasteiger partial charge in [-0.15, -0.1) is 0 Å². The monoisotopic (exact) mass is 266 g/mol. The van der Waals surface area contributed by atoms with Gasteiger partial charge in [0, 0.05) is 18.8 Å². The predicted molar refractivity (Wildman–Crippen MR) is 80.4 cm³/mol. The molecule has 0 fully saturated rings. The summed E-state index contributed by atoms with van der Waals surface area (Å²) in [6.07, 6.45) is 0.417. The van der Waals surface area contributed by atoms with E-state index in [-0.39, 0.29) is 5.91 Å². The Hall–Kier alpha value is -2.13. The lowest BCUT2D eigenvalue weighted by atomic mass is 10.1. The first-order chi connectivity index (χ1) is 9.72. The number of amides is 1. The van der Waals surface area contributed by atoms with Crippen LogP contribution in [0.25, 0.3) is 0 Å². The number of anilines is 1. The maximum atomic E-state index is 12.1. The van der Waals surface area contributed by atoms with E-state index < -0.39 is 0 Å². The molecule has 0 atom stereocenters. The summed E-state index contributed by atoms with van der Waals surface area (Å²) < 4.78 is 0. The zero-order valence-electron chi connectivity index (χ0n) is 11.6. The van der Waals surface area contributed by atoms with E-state index >= 15 is 0 Å². The van der Waals surface area contributed by atoms with E-state index in [4.69, 9.17) is 0 Å². The van der Waals surface area contributed by atoms with E-state index in [2.05, 4.69) is 23.3 Å². The molecule has 2 aromatic carbocycles. The van der Waals surface area contributed by atoms with Crippen LogP contribution in [0.1, 0.15) is 16.7 Å².